The molecule has 2 fully saturated rings. The molecule has 0 aliphatic heterocycles. The minimum Gasteiger partial charge on any atom is -0.299 e. The van der Waals surface area contributed by atoms with Gasteiger partial charge in [-0.3, -0.25) is 4.79 Å². The Hall–Kier alpha value is -0.110. The summed E-state index contributed by atoms with van der Waals surface area (Å²) in [6.45, 7) is 0. The summed E-state index contributed by atoms with van der Waals surface area (Å²) in [5, 5.41) is 0. The van der Waals surface area contributed by atoms with Crippen molar-refractivity contribution in [3.63, 3.8) is 0 Å². The molecule has 2 rings (SSSR count). The van der Waals surface area contributed by atoms with E-state index in [1.165, 1.54) is 38.5 Å². The molecule has 84 valence electrons. The van der Waals surface area contributed by atoms with E-state index in [2.05, 4.69) is 22.0 Å². The predicted molar refractivity (Wildman–Crippen MR) is 66.1 cm³/mol. The summed E-state index contributed by atoms with van der Waals surface area (Å²) >= 11 is 3.75. The van der Waals surface area contributed by atoms with Crippen LogP contribution in [0.3, 0.4) is 0 Å². The number of halogens is 1. The molecule has 0 aromatic rings. The Morgan fingerprint density at radius 3 is 2.53 bits per heavy atom. The van der Waals surface area contributed by atoms with Gasteiger partial charge in [0.25, 0.3) is 0 Å². The number of carbonyl (C=O) groups is 1. The summed E-state index contributed by atoms with van der Waals surface area (Å²) in [5.74, 6) is 2.54. The molecule has 2 heteroatoms. The van der Waals surface area contributed by atoms with Crippen LogP contribution in [0.15, 0.2) is 12.2 Å². The maximum atomic E-state index is 10.3. The van der Waals surface area contributed by atoms with Gasteiger partial charge in [-0.1, -0.05) is 22.0 Å². The third-order valence-corrected chi connectivity index (χ3v) is 4.88. The number of hydrogen-bond acceptors (Lipinski definition) is 1. The first-order valence-electron chi connectivity index (χ1n) is 6.05. The van der Waals surface area contributed by atoms with E-state index in [4.69, 9.17) is 0 Å². The Kier molecular flexibility index (Phi) is 4.01. The van der Waals surface area contributed by atoms with Crippen LogP contribution < -0.4 is 0 Å². The molecule has 0 bridgehead atoms. The highest BCUT2D eigenvalue weighted by molar-refractivity contribution is 9.09. The molecule has 0 amide bonds. The second-order valence-corrected chi connectivity index (χ2v) is 6.32. The average Bonchev–Trinajstić information content (AvgIpc) is 2.26. The molecule has 15 heavy (non-hydrogen) atoms. The highest BCUT2D eigenvalue weighted by Gasteiger charge is 2.33. The molecule has 4 unspecified atom stereocenters. The summed E-state index contributed by atoms with van der Waals surface area (Å²) in [7, 11) is 0. The zero-order valence-corrected chi connectivity index (χ0v) is 10.7. The van der Waals surface area contributed by atoms with Crippen LogP contribution in [-0.2, 0) is 4.79 Å². The SMILES string of the molecule is O=C/C=C/C1CCC2CC(Br)CCC2C1. The maximum Gasteiger partial charge on any atom is 0.142 e. The Balaban J connectivity index is 1.89. The minimum atomic E-state index is 0.670. The van der Waals surface area contributed by atoms with Gasteiger partial charge in [-0.15, -0.1) is 0 Å². The van der Waals surface area contributed by atoms with Gasteiger partial charge in [0.1, 0.15) is 6.29 Å². The molecule has 2 aliphatic carbocycles. The molecule has 2 saturated carbocycles. The smallest absolute Gasteiger partial charge is 0.142 e. The maximum absolute atomic E-state index is 10.3. The van der Waals surface area contributed by atoms with E-state index in [9.17, 15) is 4.79 Å². The number of fused-ring (bicyclic) bond motifs is 1. The quantitative estimate of drug-likeness (QED) is 0.425. The summed E-state index contributed by atoms with van der Waals surface area (Å²) in [6, 6.07) is 0. The normalized spacial score (nSPS) is 41.4. The molecule has 0 heterocycles. The highest BCUT2D eigenvalue weighted by atomic mass is 79.9. The van der Waals surface area contributed by atoms with Gasteiger partial charge in [0, 0.05) is 4.83 Å². The molecule has 0 spiro atoms. The molecule has 0 N–H and O–H groups in total. The van der Waals surface area contributed by atoms with Gasteiger partial charge in [-0.2, -0.15) is 0 Å². The molecule has 2 aliphatic rings. The minimum absolute atomic E-state index is 0.670. The fraction of sp³-hybridized carbons (Fsp3) is 0.769. The topological polar surface area (TPSA) is 17.1 Å². The van der Waals surface area contributed by atoms with Crippen LogP contribution in [0, 0.1) is 17.8 Å². The van der Waals surface area contributed by atoms with Crippen molar-refractivity contribution in [3.8, 4) is 0 Å². The lowest BCUT2D eigenvalue weighted by Crippen LogP contribution is -2.30. The van der Waals surface area contributed by atoms with Crippen LogP contribution in [-0.4, -0.2) is 11.1 Å². The van der Waals surface area contributed by atoms with Crippen molar-refractivity contribution in [2.24, 2.45) is 17.8 Å². The Labute approximate surface area is 100 Å². The van der Waals surface area contributed by atoms with Crippen molar-refractivity contribution in [2.45, 2.75) is 43.4 Å². The van der Waals surface area contributed by atoms with Crippen LogP contribution >= 0.6 is 15.9 Å². The van der Waals surface area contributed by atoms with E-state index in [0.717, 1.165) is 22.9 Å². The van der Waals surface area contributed by atoms with E-state index in [0.29, 0.717) is 5.92 Å². The number of hydrogen-bond donors (Lipinski definition) is 0. The van der Waals surface area contributed by atoms with Crippen LogP contribution in [0.4, 0.5) is 0 Å². The zero-order chi connectivity index (χ0) is 10.7. The van der Waals surface area contributed by atoms with E-state index in [1.54, 1.807) is 6.08 Å². The fourth-order valence-corrected chi connectivity index (χ4v) is 3.99. The van der Waals surface area contributed by atoms with Crippen molar-refractivity contribution in [1.29, 1.82) is 0 Å². The van der Waals surface area contributed by atoms with Crippen LogP contribution in [0.5, 0.6) is 0 Å². The second kappa shape index (κ2) is 5.29. The number of allylic oxidation sites excluding steroid dienone is 2. The molecule has 0 radical (unpaired) electrons. The first kappa shape index (κ1) is 11.4. The van der Waals surface area contributed by atoms with E-state index in [-0.39, 0.29) is 0 Å². The van der Waals surface area contributed by atoms with Gasteiger partial charge >= 0.3 is 0 Å². The Morgan fingerprint density at radius 1 is 1.00 bits per heavy atom. The van der Waals surface area contributed by atoms with Crippen molar-refractivity contribution in [1.82, 2.24) is 0 Å². The lowest BCUT2D eigenvalue weighted by molar-refractivity contribution is -0.104. The van der Waals surface area contributed by atoms with Gasteiger partial charge in [-0.25, -0.2) is 0 Å². The van der Waals surface area contributed by atoms with E-state index in [1.807, 2.05) is 0 Å². The molecule has 0 aromatic carbocycles. The van der Waals surface area contributed by atoms with Crippen LogP contribution in [0.2, 0.25) is 0 Å². The molecule has 0 aromatic heterocycles. The Morgan fingerprint density at radius 2 is 1.73 bits per heavy atom. The van der Waals surface area contributed by atoms with E-state index < -0.39 is 0 Å². The number of aldehydes is 1. The first-order valence-corrected chi connectivity index (χ1v) is 6.97. The third kappa shape index (κ3) is 2.93. The van der Waals surface area contributed by atoms with Crippen LogP contribution in [0.1, 0.15) is 38.5 Å². The monoisotopic (exact) mass is 270 g/mol. The van der Waals surface area contributed by atoms with Crippen molar-refractivity contribution in [3.05, 3.63) is 12.2 Å². The summed E-state index contributed by atoms with van der Waals surface area (Å²) in [5.41, 5.74) is 0. The van der Waals surface area contributed by atoms with Gasteiger partial charge in [-0.05, 0) is 62.4 Å². The molecular formula is C13H19BrO. The zero-order valence-electron chi connectivity index (χ0n) is 9.07. The van der Waals surface area contributed by atoms with Gasteiger partial charge in [0.05, 0.1) is 0 Å². The van der Waals surface area contributed by atoms with E-state index >= 15 is 0 Å². The lowest BCUT2D eigenvalue weighted by atomic mass is 9.67. The molecular weight excluding hydrogens is 252 g/mol. The molecule has 1 nitrogen and oxygen atoms in total. The lowest BCUT2D eigenvalue weighted by Gasteiger charge is -2.40. The molecule has 0 saturated heterocycles. The second-order valence-electron chi connectivity index (χ2n) is 5.02. The van der Waals surface area contributed by atoms with Crippen molar-refractivity contribution < 1.29 is 4.79 Å². The fourth-order valence-electron chi connectivity index (χ4n) is 3.25. The first-order chi connectivity index (χ1) is 7.29. The summed E-state index contributed by atoms with van der Waals surface area (Å²) in [4.78, 5) is 11.0. The number of carbonyl (C=O) groups excluding carboxylic acids is 1. The standard InChI is InChI=1S/C13H19BrO/c14-13-6-5-11-8-10(2-1-7-15)3-4-12(11)9-13/h1-2,7,10-13H,3-6,8-9H2/b2-1+. The predicted octanol–water partition coefficient (Wildman–Crippen LogP) is 3.72. The van der Waals surface area contributed by atoms with Crippen LogP contribution in [0.25, 0.3) is 0 Å². The summed E-state index contributed by atoms with van der Waals surface area (Å²) < 4.78 is 0. The largest absolute Gasteiger partial charge is 0.299 e. The molecule has 4 atom stereocenters. The van der Waals surface area contributed by atoms with Gasteiger partial charge in [0.2, 0.25) is 0 Å². The van der Waals surface area contributed by atoms with Gasteiger partial charge in [0.15, 0.2) is 0 Å². The number of rotatable bonds is 2. The highest BCUT2D eigenvalue weighted by Crippen LogP contribution is 2.44. The third-order valence-electron chi connectivity index (χ3n) is 4.05. The Bertz CT molecular complexity index is 249. The average molecular weight is 271 g/mol. The van der Waals surface area contributed by atoms with Crippen molar-refractivity contribution in [2.75, 3.05) is 0 Å². The summed E-state index contributed by atoms with van der Waals surface area (Å²) in [6.07, 6.45) is 12.7. The van der Waals surface area contributed by atoms with Gasteiger partial charge < -0.3 is 0 Å². The van der Waals surface area contributed by atoms with Crippen molar-refractivity contribution >= 4 is 22.2 Å². The number of alkyl halides is 1.